The van der Waals surface area contributed by atoms with Gasteiger partial charge in [0.15, 0.2) is 11.6 Å². The van der Waals surface area contributed by atoms with Gasteiger partial charge in [0.05, 0.1) is 0 Å². The molecule has 0 amide bonds. The van der Waals surface area contributed by atoms with Crippen LogP contribution in [0.25, 0.3) is 0 Å². The van der Waals surface area contributed by atoms with Crippen LogP contribution in [0.5, 0.6) is 11.5 Å². The molecule has 0 aliphatic carbocycles. The average molecular weight is 291 g/mol. The Labute approximate surface area is 123 Å². The number of nitrogens with one attached hydrogen (secondary N) is 1. The third-order valence-corrected chi connectivity index (χ3v) is 3.11. The number of hydrogen-bond donors (Lipinski definition) is 1. The van der Waals surface area contributed by atoms with Crippen molar-refractivity contribution in [3.05, 3.63) is 59.2 Å². The summed E-state index contributed by atoms with van der Waals surface area (Å²) in [6.45, 7) is 5.32. The summed E-state index contributed by atoms with van der Waals surface area (Å²) in [5.41, 5.74) is 1.49. The van der Waals surface area contributed by atoms with Gasteiger partial charge in [-0.1, -0.05) is 13.0 Å². The van der Waals surface area contributed by atoms with Crippen LogP contribution in [0.4, 0.5) is 8.78 Å². The van der Waals surface area contributed by atoms with Crippen molar-refractivity contribution in [3.63, 3.8) is 0 Å². The molecule has 1 N–H and O–H groups in total. The fourth-order valence-electron chi connectivity index (χ4n) is 1.99. The Hall–Kier alpha value is -1.94. The van der Waals surface area contributed by atoms with Crippen LogP contribution in [0.1, 0.15) is 24.5 Å². The second-order valence-electron chi connectivity index (χ2n) is 4.95. The molecule has 2 nitrogen and oxygen atoms in total. The van der Waals surface area contributed by atoms with Crippen molar-refractivity contribution in [2.24, 2.45) is 0 Å². The monoisotopic (exact) mass is 291 g/mol. The summed E-state index contributed by atoms with van der Waals surface area (Å²) in [6.07, 6.45) is 1.04. The van der Waals surface area contributed by atoms with Crippen molar-refractivity contribution in [1.29, 1.82) is 0 Å². The molecule has 21 heavy (non-hydrogen) atoms. The van der Waals surface area contributed by atoms with Crippen LogP contribution < -0.4 is 10.1 Å². The second-order valence-corrected chi connectivity index (χ2v) is 4.95. The van der Waals surface area contributed by atoms with E-state index in [1.807, 2.05) is 6.07 Å². The molecule has 0 aliphatic heterocycles. The molecule has 0 aromatic heterocycles. The van der Waals surface area contributed by atoms with Crippen LogP contribution in [-0.2, 0) is 6.54 Å². The van der Waals surface area contributed by atoms with E-state index in [9.17, 15) is 8.78 Å². The molecule has 0 saturated heterocycles. The Morgan fingerprint density at radius 1 is 1.05 bits per heavy atom. The molecular formula is C17H19F2NO. The van der Waals surface area contributed by atoms with E-state index < -0.39 is 5.82 Å². The van der Waals surface area contributed by atoms with Crippen molar-refractivity contribution >= 4 is 0 Å². The van der Waals surface area contributed by atoms with E-state index in [0.717, 1.165) is 18.5 Å². The number of rotatable bonds is 6. The van der Waals surface area contributed by atoms with Crippen molar-refractivity contribution in [2.45, 2.75) is 26.8 Å². The summed E-state index contributed by atoms with van der Waals surface area (Å²) in [4.78, 5) is 0. The van der Waals surface area contributed by atoms with E-state index in [1.54, 1.807) is 13.0 Å². The lowest BCUT2D eigenvalue weighted by Gasteiger charge is -2.11. The first-order valence-corrected chi connectivity index (χ1v) is 7.03. The lowest BCUT2D eigenvalue weighted by Crippen LogP contribution is -2.13. The molecule has 4 heteroatoms. The average Bonchev–Trinajstić information content (AvgIpc) is 2.44. The van der Waals surface area contributed by atoms with Crippen molar-refractivity contribution < 1.29 is 13.5 Å². The predicted octanol–water partition coefficient (Wildman–Crippen LogP) is 4.57. The van der Waals surface area contributed by atoms with Gasteiger partial charge in [-0.05, 0) is 61.3 Å². The fourth-order valence-corrected chi connectivity index (χ4v) is 1.99. The second kappa shape index (κ2) is 7.18. The zero-order valence-electron chi connectivity index (χ0n) is 12.2. The van der Waals surface area contributed by atoms with E-state index in [1.165, 1.54) is 24.3 Å². The minimum atomic E-state index is -0.422. The first-order valence-electron chi connectivity index (χ1n) is 7.03. The highest BCUT2D eigenvalue weighted by Crippen LogP contribution is 2.28. The highest BCUT2D eigenvalue weighted by molar-refractivity contribution is 5.38. The Morgan fingerprint density at radius 3 is 2.48 bits per heavy atom. The number of halogens is 2. The Morgan fingerprint density at radius 2 is 1.81 bits per heavy atom. The maximum atomic E-state index is 14.0. The minimum Gasteiger partial charge on any atom is -0.454 e. The van der Waals surface area contributed by atoms with Crippen molar-refractivity contribution in [3.8, 4) is 11.5 Å². The SMILES string of the molecule is CCCNCc1ccc(Oc2ccc(F)cc2C)c(F)c1. The van der Waals surface area contributed by atoms with Crippen LogP contribution in [-0.4, -0.2) is 6.54 Å². The van der Waals surface area contributed by atoms with E-state index in [2.05, 4.69) is 12.2 Å². The predicted molar refractivity (Wildman–Crippen MR) is 79.6 cm³/mol. The van der Waals surface area contributed by atoms with Gasteiger partial charge in [0, 0.05) is 6.54 Å². The maximum absolute atomic E-state index is 14.0. The summed E-state index contributed by atoms with van der Waals surface area (Å²) in [5.74, 6) is -0.164. The lowest BCUT2D eigenvalue weighted by atomic mass is 10.2. The maximum Gasteiger partial charge on any atom is 0.166 e. The summed E-state index contributed by atoms with van der Waals surface area (Å²) in [5, 5.41) is 3.21. The summed E-state index contributed by atoms with van der Waals surface area (Å²) >= 11 is 0. The Bertz CT molecular complexity index is 614. The minimum absolute atomic E-state index is 0.143. The quantitative estimate of drug-likeness (QED) is 0.787. The number of benzene rings is 2. The molecule has 0 radical (unpaired) electrons. The fraction of sp³-hybridized carbons (Fsp3) is 0.294. The van der Waals surface area contributed by atoms with E-state index in [-0.39, 0.29) is 11.6 Å². The molecule has 2 aromatic rings. The van der Waals surface area contributed by atoms with Gasteiger partial charge >= 0.3 is 0 Å². The van der Waals surface area contributed by atoms with Gasteiger partial charge in [0.25, 0.3) is 0 Å². The summed E-state index contributed by atoms with van der Waals surface area (Å²) in [7, 11) is 0. The molecule has 112 valence electrons. The van der Waals surface area contributed by atoms with Crippen molar-refractivity contribution in [2.75, 3.05) is 6.54 Å². The molecule has 2 aromatic carbocycles. The number of hydrogen-bond acceptors (Lipinski definition) is 2. The van der Waals surface area contributed by atoms with Gasteiger partial charge in [-0.25, -0.2) is 8.78 Å². The topological polar surface area (TPSA) is 21.3 Å². The molecule has 0 atom stereocenters. The van der Waals surface area contributed by atoms with Crippen LogP contribution in [0.3, 0.4) is 0 Å². The van der Waals surface area contributed by atoms with Gasteiger partial charge in [-0.15, -0.1) is 0 Å². The molecule has 0 bridgehead atoms. The third-order valence-electron chi connectivity index (χ3n) is 3.11. The molecule has 0 aliphatic rings. The first-order chi connectivity index (χ1) is 10.1. The van der Waals surface area contributed by atoms with Gasteiger partial charge < -0.3 is 10.1 Å². The molecule has 0 spiro atoms. The Balaban J connectivity index is 2.10. The standard InChI is InChI=1S/C17H19F2NO/c1-3-8-20-11-13-4-6-17(15(19)10-13)21-16-7-5-14(18)9-12(16)2/h4-7,9-10,20H,3,8,11H2,1-2H3. The summed E-state index contributed by atoms with van der Waals surface area (Å²) in [6, 6.07) is 9.03. The van der Waals surface area contributed by atoms with Gasteiger partial charge in [0.1, 0.15) is 11.6 Å². The molecule has 2 rings (SSSR count). The van der Waals surface area contributed by atoms with Gasteiger partial charge in [-0.2, -0.15) is 0 Å². The zero-order valence-corrected chi connectivity index (χ0v) is 12.2. The van der Waals surface area contributed by atoms with Crippen LogP contribution in [0.15, 0.2) is 36.4 Å². The number of aryl methyl sites for hydroxylation is 1. The van der Waals surface area contributed by atoms with Crippen molar-refractivity contribution in [1.82, 2.24) is 5.32 Å². The van der Waals surface area contributed by atoms with E-state index in [4.69, 9.17) is 4.74 Å². The van der Waals surface area contributed by atoms with Gasteiger partial charge in [0.2, 0.25) is 0 Å². The first kappa shape index (κ1) is 15.4. The Kier molecular flexibility index (Phi) is 5.28. The molecule has 0 heterocycles. The third kappa shape index (κ3) is 4.26. The van der Waals surface area contributed by atoms with Gasteiger partial charge in [-0.3, -0.25) is 0 Å². The molecule has 0 saturated carbocycles. The lowest BCUT2D eigenvalue weighted by molar-refractivity contribution is 0.437. The van der Waals surface area contributed by atoms with E-state index >= 15 is 0 Å². The molecule has 0 unspecified atom stereocenters. The van der Waals surface area contributed by atoms with E-state index in [0.29, 0.717) is 17.9 Å². The highest BCUT2D eigenvalue weighted by Gasteiger charge is 2.08. The zero-order chi connectivity index (χ0) is 15.2. The van der Waals surface area contributed by atoms with Crippen LogP contribution in [0.2, 0.25) is 0 Å². The molecule has 0 fully saturated rings. The molecular weight excluding hydrogens is 272 g/mol. The smallest absolute Gasteiger partial charge is 0.166 e. The highest BCUT2D eigenvalue weighted by atomic mass is 19.1. The number of ether oxygens (including phenoxy) is 1. The van der Waals surface area contributed by atoms with Crippen LogP contribution in [0, 0.1) is 18.6 Å². The van der Waals surface area contributed by atoms with Crippen LogP contribution >= 0.6 is 0 Å². The normalized spacial score (nSPS) is 10.7. The summed E-state index contributed by atoms with van der Waals surface area (Å²) < 4.78 is 32.6. The largest absolute Gasteiger partial charge is 0.454 e.